The number of hydrogen-bond acceptors (Lipinski definition) is 4. The van der Waals surface area contributed by atoms with Crippen LogP contribution < -0.4 is 10.6 Å². The minimum absolute atomic E-state index is 0.0597. The quantitative estimate of drug-likeness (QED) is 0.696. The minimum Gasteiger partial charge on any atom is -0.383 e. The molecule has 1 rings (SSSR count). The van der Waals surface area contributed by atoms with Gasteiger partial charge in [-0.1, -0.05) is 0 Å². The summed E-state index contributed by atoms with van der Waals surface area (Å²) in [6.07, 6.45) is 4.04. The lowest BCUT2D eigenvalue weighted by Crippen LogP contribution is -2.40. The number of hydrogen-bond donors (Lipinski definition) is 2. The molecule has 0 saturated heterocycles. The number of imidazole rings is 1. The Bertz CT molecular complexity index is 410. The zero-order valence-electron chi connectivity index (χ0n) is 12.9. The summed E-state index contributed by atoms with van der Waals surface area (Å²) < 4.78 is 6.98. The fraction of sp³-hybridized carbons (Fsp3) is 0.714. The van der Waals surface area contributed by atoms with Crippen LogP contribution in [0.2, 0.25) is 0 Å². The molecule has 0 saturated carbocycles. The van der Waals surface area contributed by atoms with Crippen LogP contribution in [-0.4, -0.2) is 41.3 Å². The van der Waals surface area contributed by atoms with Gasteiger partial charge in [-0.2, -0.15) is 0 Å². The van der Waals surface area contributed by atoms with Crippen molar-refractivity contribution in [2.45, 2.75) is 45.8 Å². The molecular weight excluding hydrogens is 256 g/mol. The summed E-state index contributed by atoms with van der Waals surface area (Å²) in [6.45, 7) is 8.79. The molecule has 20 heavy (non-hydrogen) atoms. The highest BCUT2D eigenvalue weighted by molar-refractivity contribution is 5.76. The lowest BCUT2D eigenvalue weighted by molar-refractivity contribution is -0.122. The molecule has 6 heteroatoms. The molecule has 0 unspecified atom stereocenters. The summed E-state index contributed by atoms with van der Waals surface area (Å²) in [6, 6.07) is 0. The molecule has 0 aliphatic heterocycles. The van der Waals surface area contributed by atoms with Crippen molar-refractivity contribution in [3.05, 3.63) is 18.2 Å². The molecule has 114 valence electrons. The van der Waals surface area contributed by atoms with E-state index in [-0.39, 0.29) is 11.4 Å². The third-order valence-corrected chi connectivity index (χ3v) is 2.68. The second kappa shape index (κ2) is 8.01. The minimum atomic E-state index is -0.184. The Hall–Kier alpha value is -1.40. The molecule has 0 aromatic carbocycles. The van der Waals surface area contributed by atoms with Gasteiger partial charge < -0.3 is 19.9 Å². The third-order valence-electron chi connectivity index (χ3n) is 2.68. The topological polar surface area (TPSA) is 68.2 Å². The van der Waals surface area contributed by atoms with Crippen molar-refractivity contribution in [3.8, 4) is 0 Å². The Morgan fingerprint density at radius 3 is 2.85 bits per heavy atom. The number of aromatic nitrogens is 2. The van der Waals surface area contributed by atoms with E-state index in [2.05, 4.69) is 15.6 Å². The van der Waals surface area contributed by atoms with Gasteiger partial charge in [0.2, 0.25) is 5.91 Å². The van der Waals surface area contributed by atoms with Gasteiger partial charge in [-0.3, -0.25) is 4.79 Å². The summed E-state index contributed by atoms with van der Waals surface area (Å²) >= 11 is 0. The van der Waals surface area contributed by atoms with E-state index < -0.39 is 0 Å². The SMILES string of the molecule is COCCNCc1cncn1CCC(=O)NC(C)(C)C. The van der Waals surface area contributed by atoms with Crippen molar-refractivity contribution in [1.82, 2.24) is 20.2 Å². The van der Waals surface area contributed by atoms with Gasteiger partial charge in [0, 0.05) is 44.9 Å². The Balaban J connectivity index is 2.37. The second-order valence-electron chi connectivity index (χ2n) is 5.80. The van der Waals surface area contributed by atoms with Gasteiger partial charge in [-0.05, 0) is 20.8 Å². The molecule has 0 spiro atoms. The zero-order chi connectivity index (χ0) is 15.0. The van der Waals surface area contributed by atoms with Gasteiger partial charge in [0.05, 0.1) is 18.6 Å². The predicted octanol–water partition coefficient (Wildman–Crippen LogP) is 0.924. The van der Waals surface area contributed by atoms with Crippen molar-refractivity contribution in [3.63, 3.8) is 0 Å². The average Bonchev–Trinajstić information content (AvgIpc) is 2.77. The van der Waals surface area contributed by atoms with Gasteiger partial charge in [0.15, 0.2) is 0 Å². The highest BCUT2D eigenvalue weighted by Crippen LogP contribution is 2.03. The summed E-state index contributed by atoms with van der Waals surface area (Å²) in [5, 5.41) is 6.22. The van der Waals surface area contributed by atoms with E-state index in [1.165, 1.54) is 0 Å². The average molecular weight is 282 g/mol. The zero-order valence-corrected chi connectivity index (χ0v) is 12.9. The van der Waals surface area contributed by atoms with E-state index in [4.69, 9.17) is 4.74 Å². The second-order valence-corrected chi connectivity index (χ2v) is 5.80. The molecular formula is C14H26N4O2. The highest BCUT2D eigenvalue weighted by Gasteiger charge is 2.13. The van der Waals surface area contributed by atoms with E-state index >= 15 is 0 Å². The number of carbonyl (C=O) groups is 1. The summed E-state index contributed by atoms with van der Waals surface area (Å²) in [5.41, 5.74) is 0.890. The van der Waals surface area contributed by atoms with E-state index in [9.17, 15) is 4.79 Å². The molecule has 1 aromatic rings. The molecule has 0 fully saturated rings. The Kier molecular flexibility index (Phi) is 6.67. The number of amides is 1. The van der Waals surface area contributed by atoms with Crippen LogP contribution in [0.25, 0.3) is 0 Å². The fourth-order valence-electron chi connectivity index (χ4n) is 1.79. The number of carbonyl (C=O) groups excluding carboxylic acids is 1. The Morgan fingerprint density at radius 1 is 1.45 bits per heavy atom. The number of nitrogens with one attached hydrogen (secondary N) is 2. The van der Waals surface area contributed by atoms with Crippen molar-refractivity contribution in [1.29, 1.82) is 0 Å². The van der Waals surface area contributed by atoms with Crippen LogP contribution in [0.1, 0.15) is 32.9 Å². The van der Waals surface area contributed by atoms with E-state index in [0.717, 1.165) is 18.8 Å². The Morgan fingerprint density at radius 2 is 2.20 bits per heavy atom. The maximum absolute atomic E-state index is 11.8. The molecule has 0 aliphatic carbocycles. The van der Waals surface area contributed by atoms with Crippen molar-refractivity contribution in [2.75, 3.05) is 20.3 Å². The summed E-state index contributed by atoms with van der Waals surface area (Å²) in [7, 11) is 1.68. The van der Waals surface area contributed by atoms with Crippen molar-refractivity contribution in [2.24, 2.45) is 0 Å². The normalized spacial score (nSPS) is 11.6. The molecule has 0 radical (unpaired) electrons. The molecule has 6 nitrogen and oxygen atoms in total. The number of methoxy groups -OCH3 is 1. The highest BCUT2D eigenvalue weighted by atomic mass is 16.5. The fourth-order valence-corrected chi connectivity index (χ4v) is 1.79. The van der Waals surface area contributed by atoms with Crippen LogP contribution in [-0.2, 0) is 22.6 Å². The lowest BCUT2D eigenvalue weighted by atomic mass is 10.1. The van der Waals surface area contributed by atoms with Gasteiger partial charge in [0.1, 0.15) is 0 Å². The molecule has 0 aliphatic rings. The van der Waals surface area contributed by atoms with E-state index in [0.29, 0.717) is 19.6 Å². The maximum atomic E-state index is 11.8. The van der Waals surface area contributed by atoms with Crippen molar-refractivity contribution < 1.29 is 9.53 Å². The van der Waals surface area contributed by atoms with Crippen LogP contribution >= 0.6 is 0 Å². The van der Waals surface area contributed by atoms with Crippen molar-refractivity contribution >= 4 is 5.91 Å². The predicted molar refractivity (Wildman–Crippen MR) is 78.3 cm³/mol. The lowest BCUT2D eigenvalue weighted by Gasteiger charge is -2.20. The van der Waals surface area contributed by atoms with Gasteiger partial charge >= 0.3 is 0 Å². The number of nitrogens with zero attached hydrogens (tertiary/aromatic N) is 2. The number of rotatable bonds is 8. The Labute approximate surface area is 120 Å². The molecule has 1 heterocycles. The van der Waals surface area contributed by atoms with E-state index in [1.54, 1.807) is 13.4 Å². The van der Waals surface area contributed by atoms with Gasteiger partial charge in [-0.25, -0.2) is 4.98 Å². The first-order valence-electron chi connectivity index (χ1n) is 6.92. The first-order chi connectivity index (χ1) is 9.42. The van der Waals surface area contributed by atoms with Crippen LogP contribution in [0, 0.1) is 0 Å². The van der Waals surface area contributed by atoms with Gasteiger partial charge in [0.25, 0.3) is 0 Å². The monoisotopic (exact) mass is 282 g/mol. The number of aryl methyl sites for hydroxylation is 1. The maximum Gasteiger partial charge on any atom is 0.222 e. The van der Waals surface area contributed by atoms with E-state index in [1.807, 2.05) is 31.5 Å². The van der Waals surface area contributed by atoms with Crippen LogP contribution in [0.4, 0.5) is 0 Å². The van der Waals surface area contributed by atoms with Gasteiger partial charge in [-0.15, -0.1) is 0 Å². The third kappa shape index (κ3) is 6.68. The summed E-state index contributed by atoms with van der Waals surface area (Å²) in [5.74, 6) is 0.0597. The largest absolute Gasteiger partial charge is 0.383 e. The first kappa shape index (κ1) is 16.7. The molecule has 0 bridgehead atoms. The number of ether oxygens (including phenoxy) is 1. The molecule has 1 aromatic heterocycles. The first-order valence-corrected chi connectivity index (χ1v) is 6.92. The molecule has 2 N–H and O–H groups in total. The van der Waals surface area contributed by atoms with Crippen LogP contribution in [0.15, 0.2) is 12.5 Å². The standard InChI is InChI=1S/C14H26N4O2/c1-14(2,3)17-13(19)5-7-18-11-16-10-12(18)9-15-6-8-20-4/h10-11,15H,5-9H2,1-4H3,(H,17,19). The molecule has 1 amide bonds. The van der Waals surface area contributed by atoms with Crippen LogP contribution in [0.5, 0.6) is 0 Å². The smallest absolute Gasteiger partial charge is 0.222 e. The van der Waals surface area contributed by atoms with Crippen LogP contribution in [0.3, 0.4) is 0 Å². The molecule has 0 atom stereocenters. The summed E-state index contributed by atoms with van der Waals surface area (Å²) in [4.78, 5) is 15.9.